The third-order valence-corrected chi connectivity index (χ3v) is 4.09. The van der Waals surface area contributed by atoms with Crippen molar-refractivity contribution in [1.82, 2.24) is 9.88 Å². The number of nitrogens with two attached hydrogens (primary N) is 1. The predicted octanol–water partition coefficient (Wildman–Crippen LogP) is 2.37. The first kappa shape index (κ1) is 13.9. The largest absolute Gasteiger partial charge is 0.382 e. The molecule has 1 fully saturated rings. The lowest BCUT2D eigenvalue weighted by molar-refractivity contribution is 0.221. The molecule has 0 aliphatic carbocycles. The molecule has 1 saturated heterocycles. The van der Waals surface area contributed by atoms with E-state index in [1.807, 2.05) is 6.07 Å². The quantitative estimate of drug-likeness (QED) is 0.939. The molecule has 0 radical (unpaired) electrons. The van der Waals surface area contributed by atoms with Crippen molar-refractivity contribution in [2.75, 3.05) is 30.3 Å². The summed E-state index contributed by atoms with van der Waals surface area (Å²) in [5.74, 6) is 0.626. The molecule has 0 saturated carbocycles. The van der Waals surface area contributed by atoms with Crippen LogP contribution in [0.4, 0.5) is 11.5 Å². The molecular weight excluding hydrogens is 260 g/mol. The van der Waals surface area contributed by atoms with E-state index in [9.17, 15) is 0 Å². The molecule has 1 unspecified atom stereocenters. The van der Waals surface area contributed by atoms with Crippen molar-refractivity contribution in [3.8, 4) is 0 Å². The summed E-state index contributed by atoms with van der Waals surface area (Å²) in [5.41, 5.74) is 8.44. The molecule has 21 heavy (non-hydrogen) atoms. The number of aromatic nitrogens is 1. The van der Waals surface area contributed by atoms with Crippen LogP contribution in [-0.4, -0.2) is 35.6 Å². The van der Waals surface area contributed by atoms with E-state index >= 15 is 0 Å². The Labute approximate surface area is 126 Å². The number of piperazine rings is 1. The molecule has 0 amide bonds. The maximum Gasteiger partial charge on any atom is 0.146 e. The first-order valence-electron chi connectivity index (χ1n) is 7.47. The molecule has 2 N–H and O–H groups in total. The van der Waals surface area contributed by atoms with E-state index in [0.717, 1.165) is 31.9 Å². The Balaban J connectivity index is 1.66. The van der Waals surface area contributed by atoms with Gasteiger partial charge >= 0.3 is 0 Å². The van der Waals surface area contributed by atoms with Crippen molar-refractivity contribution in [1.29, 1.82) is 0 Å². The molecule has 1 aliphatic rings. The third kappa shape index (κ3) is 3.16. The molecule has 0 bridgehead atoms. The van der Waals surface area contributed by atoms with E-state index in [-0.39, 0.29) is 0 Å². The molecule has 1 aliphatic heterocycles. The van der Waals surface area contributed by atoms with Gasteiger partial charge in [0.05, 0.1) is 5.69 Å². The molecule has 1 aromatic carbocycles. The van der Waals surface area contributed by atoms with E-state index in [1.54, 1.807) is 6.20 Å². The minimum atomic E-state index is 0.439. The number of anilines is 2. The lowest BCUT2D eigenvalue weighted by Gasteiger charge is -2.41. The van der Waals surface area contributed by atoms with Gasteiger partial charge in [-0.1, -0.05) is 30.3 Å². The van der Waals surface area contributed by atoms with Gasteiger partial charge in [0.25, 0.3) is 0 Å². The van der Waals surface area contributed by atoms with E-state index in [1.165, 1.54) is 5.56 Å². The van der Waals surface area contributed by atoms with Crippen LogP contribution in [-0.2, 0) is 6.54 Å². The van der Waals surface area contributed by atoms with E-state index in [2.05, 4.69) is 58.1 Å². The van der Waals surface area contributed by atoms with E-state index < -0.39 is 0 Å². The van der Waals surface area contributed by atoms with Gasteiger partial charge in [-0.25, -0.2) is 4.98 Å². The third-order valence-electron chi connectivity index (χ3n) is 4.09. The van der Waals surface area contributed by atoms with Crippen molar-refractivity contribution >= 4 is 11.5 Å². The Morgan fingerprint density at radius 3 is 2.67 bits per heavy atom. The Bertz CT molecular complexity index is 584. The van der Waals surface area contributed by atoms with Gasteiger partial charge in [0.2, 0.25) is 0 Å². The zero-order valence-electron chi connectivity index (χ0n) is 12.4. The van der Waals surface area contributed by atoms with Gasteiger partial charge in [-0.15, -0.1) is 0 Å². The summed E-state index contributed by atoms with van der Waals surface area (Å²) in [5, 5.41) is 0. The average molecular weight is 282 g/mol. The van der Waals surface area contributed by atoms with E-state index in [0.29, 0.717) is 11.9 Å². The van der Waals surface area contributed by atoms with Crippen LogP contribution < -0.4 is 10.6 Å². The second-order valence-corrected chi connectivity index (χ2v) is 5.67. The van der Waals surface area contributed by atoms with Gasteiger partial charge < -0.3 is 10.6 Å². The van der Waals surface area contributed by atoms with Gasteiger partial charge in [0.1, 0.15) is 5.82 Å². The highest BCUT2D eigenvalue weighted by Crippen LogP contribution is 2.25. The summed E-state index contributed by atoms with van der Waals surface area (Å²) >= 11 is 0. The number of nitrogen functional groups attached to an aromatic ring is 1. The van der Waals surface area contributed by atoms with Gasteiger partial charge in [0, 0.05) is 38.4 Å². The van der Waals surface area contributed by atoms with Gasteiger partial charge in [0.15, 0.2) is 0 Å². The topological polar surface area (TPSA) is 45.4 Å². The second kappa shape index (κ2) is 6.14. The Hall–Kier alpha value is -2.07. The highest BCUT2D eigenvalue weighted by Gasteiger charge is 2.25. The van der Waals surface area contributed by atoms with Crippen LogP contribution in [0.15, 0.2) is 48.7 Å². The summed E-state index contributed by atoms with van der Waals surface area (Å²) in [4.78, 5) is 9.07. The SMILES string of the molecule is CC1CN(Cc2ccccc2)CCN1c1cccnc1N. The van der Waals surface area contributed by atoms with Crippen molar-refractivity contribution in [2.24, 2.45) is 0 Å². The first-order valence-corrected chi connectivity index (χ1v) is 7.47. The number of hydrogen-bond acceptors (Lipinski definition) is 4. The number of hydrogen-bond donors (Lipinski definition) is 1. The lowest BCUT2D eigenvalue weighted by atomic mass is 10.1. The Morgan fingerprint density at radius 1 is 1.14 bits per heavy atom. The molecule has 4 heteroatoms. The summed E-state index contributed by atoms with van der Waals surface area (Å²) in [6.45, 7) is 6.35. The molecule has 2 heterocycles. The van der Waals surface area contributed by atoms with Crippen LogP contribution in [0.5, 0.6) is 0 Å². The van der Waals surface area contributed by atoms with Crippen molar-refractivity contribution in [3.63, 3.8) is 0 Å². The number of nitrogens with zero attached hydrogens (tertiary/aromatic N) is 3. The van der Waals surface area contributed by atoms with Crippen LogP contribution in [0.3, 0.4) is 0 Å². The predicted molar refractivity (Wildman–Crippen MR) is 87.2 cm³/mol. The minimum absolute atomic E-state index is 0.439. The second-order valence-electron chi connectivity index (χ2n) is 5.67. The van der Waals surface area contributed by atoms with Crippen LogP contribution in [0.2, 0.25) is 0 Å². The fraction of sp³-hybridized carbons (Fsp3) is 0.353. The van der Waals surface area contributed by atoms with Gasteiger partial charge in [-0.05, 0) is 24.6 Å². The van der Waals surface area contributed by atoms with Crippen LogP contribution in [0.25, 0.3) is 0 Å². The highest BCUT2D eigenvalue weighted by molar-refractivity contribution is 5.63. The van der Waals surface area contributed by atoms with Gasteiger partial charge in [-0.3, -0.25) is 4.90 Å². The lowest BCUT2D eigenvalue weighted by Crippen LogP contribution is -2.51. The van der Waals surface area contributed by atoms with Crippen molar-refractivity contribution in [3.05, 3.63) is 54.2 Å². The maximum absolute atomic E-state index is 6.01. The zero-order chi connectivity index (χ0) is 14.7. The molecule has 3 rings (SSSR count). The first-order chi connectivity index (χ1) is 10.2. The Kier molecular flexibility index (Phi) is 4.06. The maximum atomic E-state index is 6.01. The molecule has 2 aromatic rings. The fourth-order valence-electron chi connectivity index (χ4n) is 3.03. The number of rotatable bonds is 3. The summed E-state index contributed by atoms with van der Waals surface area (Å²) in [6.07, 6.45) is 1.75. The standard InChI is InChI=1S/C17H22N4/c1-14-12-20(13-15-6-3-2-4-7-15)10-11-21(14)16-8-5-9-19-17(16)18/h2-9,14H,10-13H2,1H3,(H2,18,19). The van der Waals surface area contributed by atoms with Crippen molar-refractivity contribution < 1.29 is 0 Å². The number of pyridine rings is 1. The minimum Gasteiger partial charge on any atom is -0.382 e. The molecule has 0 spiro atoms. The zero-order valence-corrected chi connectivity index (χ0v) is 12.4. The molecule has 110 valence electrons. The molecule has 4 nitrogen and oxygen atoms in total. The highest BCUT2D eigenvalue weighted by atomic mass is 15.3. The van der Waals surface area contributed by atoms with Gasteiger partial charge in [-0.2, -0.15) is 0 Å². The average Bonchev–Trinajstić information content (AvgIpc) is 2.50. The summed E-state index contributed by atoms with van der Waals surface area (Å²) in [7, 11) is 0. The van der Waals surface area contributed by atoms with E-state index in [4.69, 9.17) is 5.73 Å². The normalized spacial score (nSPS) is 19.7. The molecule has 1 atom stereocenters. The molecule has 1 aromatic heterocycles. The summed E-state index contributed by atoms with van der Waals surface area (Å²) in [6, 6.07) is 15.1. The van der Waals surface area contributed by atoms with Crippen LogP contribution >= 0.6 is 0 Å². The molecular formula is C17H22N4. The van der Waals surface area contributed by atoms with Crippen molar-refractivity contribution in [2.45, 2.75) is 19.5 Å². The summed E-state index contributed by atoms with van der Waals surface area (Å²) < 4.78 is 0. The Morgan fingerprint density at radius 2 is 1.95 bits per heavy atom. The smallest absolute Gasteiger partial charge is 0.146 e. The fourth-order valence-corrected chi connectivity index (χ4v) is 3.03. The van der Waals surface area contributed by atoms with Crippen LogP contribution in [0.1, 0.15) is 12.5 Å². The number of benzene rings is 1. The monoisotopic (exact) mass is 282 g/mol. The van der Waals surface area contributed by atoms with Crippen LogP contribution in [0, 0.1) is 0 Å².